The van der Waals surface area contributed by atoms with Crippen LogP contribution < -0.4 is 19.3 Å². The van der Waals surface area contributed by atoms with E-state index in [0.717, 1.165) is 75.5 Å². The van der Waals surface area contributed by atoms with E-state index in [4.69, 9.17) is 19.4 Å². The Balaban J connectivity index is 1.08. The minimum Gasteiger partial charge on any atom is -0.486 e. The second-order valence-electron chi connectivity index (χ2n) is 8.74. The normalized spacial score (nSPS) is 18.2. The van der Waals surface area contributed by atoms with Crippen molar-refractivity contribution < 1.29 is 9.47 Å². The topological polar surface area (TPSA) is 66.9 Å². The SMILES string of the molecule is c1ccc(N2CCN(c3ncc4c(n3)CCN(Cc3ccc5c(c3)OCCO5)C4)CC2)nc1. The summed E-state index contributed by atoms with van der Waals surface area (Å²) in [5, 5.41) is 0. The van der Waals surface area contributed by atoms with Crippen LogP contribution in [0, 0.1) is 0 Å². The van der Waals surface area contributed by atoms with Gasteiger partial charge in [0, 0.05) is 70.2 Å². The van der Waals surface area contributed by atoms with Gasteiger partial charge in [-0.15, -0.1) is 0 Å². The summed E-state index contributed by atoms with van der Waals surface area (Å²) in [6, 6.07) is 12.3. The molecule has 0 spiro atoms. The molecule has 0 N–H and O–H groups in total. The molecule has 1 fully saturated rings. The van der Waals surface area contributed by atoms with Crippen molar-refractivity contribution in [3.63, 3.8) is 0 Å². The Morgan fingerprint density at radius 2 is 1.70 bits per heavy atom. The fraction of sp³-hybridized carbons (Fsp3) is 0.400. The average molecular weight is 445 g/mol. The summed E-state index contributed by atoms with van der Waals surface area (Å²) in [4.78, 5) is 21.2. The predicted octanol–water partition coefficient (Wildman–Crippen LogP) is 2.53. The molecule has 8 nitrogen and oxygen atoms in total. The van der Waals surface area contributed by atoms with Crippen molar-refractivity contribution in [1.82, 2.24) is 19.9 Å². The number of anilines is 2. The van der Waals surface area contributed by atoms with Crippen molar-refractivity contribution in [1.29, 1.82) is 0 Å². The van der Waals surface area contributed by atoms with Crippen molar-refractivity contribution in [3.8, 4) is 11.5 Å². The smallest absolute Gasteiger partial charge is 0.225 e. The molecular weight excluding hydrogens is 416 g/mol. The molecule has 0 atom stereocenters. The molecule has 0 bridgehead atoms. The van der Waals surface area contributed by atoms with Gasteiger partial charge in [-0.1, -0.05) is 12.1 Å². The van der Waals surface area contributed by atoms with E-state index >= 15 is 0 Å². The first-order valence-corrected chi connectivity index (χ1v) is 11.7. The molecule has 1 aromatic carbocycles. The number of ether oxygens (including phenoxy) is 2. The van der Waals surface area contributed by atoms with E-state index < -0.39 is 0 Å². The molecule has 33 heavy (non-hydrogen) atoms. The minimum atomic E-state index is 0.616. The predicted molar refractivity (Wildman–Crippen MR) is 126 cm³/mol. The first-order chi connectivity index (χ1) is 16.3. The number of hydrogen-bond donors (Lipinski definition) is 0. The Bertz CT molecular complexity index is 1120. The Hall–Kier alpha value is -3.39. The van der Waals surface area contributed by atoms with Crippen LogP contribution in [-0.4, -0.2) is 65.8 Å². The van der Waals surface area contributed by atoms with E-state index in [0.29, 0.717) is 13.2 Å². The zero-order valence-corrected chi connectivity index (χ0v) is 18.7. The Morgan fingerprint density at radius 1 is 0.848 bits per heavy atom. The molecule has 170 valence electrons. The summed E-state index contributed by atoms with van der Waals surface area (Å²) in [6.07, 6.45) is 4.83. The lowest BCUT2D eigenvalue weighted by atomic mass is 10.1. The fourth-order valence-electron chi connectivity index (χ4n) is 4.77. The Labute approximate surface area is 193 Å². The van der Waals surface area contributed by atoms with Gasteiger partial charge in [-0.3, -0.25) is 4.90 Å². The van der Waals surface area contributed by atoms with Crippen LogP contribution in [0.2, 0.25) is 0 Å². The second kappa shape index (κ2) is 8.86. The number of benzene rings is 1. The number of pyridine rings is 1. The molecule has 0 radical (unpaired) electrons. The molecule has 5 heterocycles. The third-order valence-electron chi connectivity index (χ3n) is 6.55. The zero-order valence-electron chi connectivity index (χ0n) is 18.7. The summed E-state index contributed by atoms with van der Waals surface area (Å²) in [5.74, 6) is 3.60. The van der Waals surface area contributed by atoms with Gasteiger partial charge in [-0.05, 0) is 29.8 Å². The van der Waals surface area contributed by atoms with Crippen LogP contribution in [0.3, 0.4) is 0 Å². The molecule has 0 saturated carbocycles. The molecule has 1 saturated heterocycles. The quantitative estimate of drug-likeness (QED) is 0.608. The van der Waals surface area contributed by atoms with Crippen molar-refractivity contribution in [2.75, 3.05) is 55.7 Å². The standard InChI is InChI=1S/C25H28N6O2/c1-2-7-26-24(3-1)30-9-11-31(12-10-30)25-27-16-20-18-29(8-6-21(20)28-25)17-19-4-5-22-23(15-19)33-14-13-32-22/h1-5,7,15-16H,6,8-14,17-18H2. The van der Waals surface area contributed by atoms with Crippen LogP contribution in [0.4, 0.5) is 11.8 Å². The van der Waals surface area contributed by atoms with Crippen LogP contribution in [-0.2, 0) is 19.5 Å². The van der Waals surface area contributed by atoms with E-state index in [1.54, 1.807) is 0 Å². The van der Waals surface area contributed by atoms with Gasteiger partial charge < -0.3 is 19.3 Å². The third-order valence-corrected chi connectivity index (χ3v) is 6.55. The van der Waals surface area contributed by atoms with Gasteiger partial charge in [0.15, 0.2) is 11.5 Å². The molecular formula is C25H28N6O2. The monoisotopic (exact) mass is 444 g/mol. The first kappa shape index (κ1) is 20.2. The number of hydrogen-bond acceptors (Lipinski definition) is 8. The largest absolute Gasteiger partial charge is 0.486 e. The highest BCUT2D eigenvalue weighted by Gasteiger charge is 2.23. The van der Waals surface area contributed by atoms with Gasteiger partial charge in [0.1, 0.15) is 19.0 Å². The lowest BCUT2D eigenvalue weighted by Crippen LogP contribution is -2.47. The molecule has 0 unspecified atom stereocenters. The van der Waals surface area contributed by atoms with Crippen molar-refractivity contribution in [3.05, 3.63) is 65.6 Å². The first-order valence-electron chi connectivity index (χ1n) is 11.7. The maximum absolute atomic E-state index is 5.74. The molecule has 6 rings (SSSR count). The lowest BCUT2D eigenvalue weighted by Gasteiger charge is -2.36. The van der Waals surface area contributed by atoms with Crippen molar-refractivity contribution in [2.24, 2.45) is 0 Å². The Morgan fingerprint density at radius 3 is 2.55 bits per heavy atom. The van der Waals surface area contributed by atoms with E-state index in [1.165, 1.54) is 16.8 Å². The maximum Gasteiger partial charge on any atom is 0.225 e. The van der Waals surface area contributed by atoms with Crippen LogP contribution in [0.15, 0.2) is 48.8 Å². The number of rotatable bonds is 4. The van der Waals surface area contributed by atoms with E-state index in [-0.39, 0.29) is 0 Å². The van der Waals surface area contributed by atoms with Gasteiger partial charge in [-0.2, -0.15) is 0 Å². The van der Waals surface area contributed by atoms with Gasteiger partial charge in [0.25, 0.3) is 0 Å². The van der Waals surface area contributed by atoms with Crippen LogP contribution >= 0.6 is 0 Å². The van der Waals surface area contributed by atoms with E-state index in [9.17, 15) is 0 Å². The van der Waals surface area contributed by atoms with E-state index in [1.807, 2.05) is 30.6 Å². The molecule has 0 amide bonds. The number of fused-ring (bicyclic) bond motifs is 2. The summed E-state index contributed by atoms with van der Waals surface area (Å²) >= 11 is 0. The third kappa shape index (κ3) is 4.30. The highest BCUT2D eigenvalue weighted by Crippen LogP contribution is 2.31. The molecule has 3 aliphatic rings. The Kier molecular flexibility index (Phi) is 5.43. The van der Waals surface area contributed by atoms with Crippen molar-refractivity contribution in [2.45, 2.75) is 19.5 Å². The van der Waals surface area contributed by atoms with Gasteiger partial charge in [0.2, 0.25) is 5.95 Å². The highest BCUT2D eigenvalue weighted by atomic mass is 16.6. The van der Waals surface area contributed by atoms with E-state index in [2.05, 4.69) is 37.9 Å². The summed E-state index contributed by atoms with van der Waals surface area (Å²) in [7, 11) is 0. The van der Waals surface area contributed by atoms with Crippen molar-refractivity contribution >= 4 is 11.8 Å². The molecule has 3 aliphatic heterocycles. The summed E-state index contributed by atoms with van der Waals surface area (Å²) < 4.78 is 11.4. The fourth-order valence-corrected chi connectivity index (χ4v) is 4.77. The maximum atomic E-state index is 5.74. The van der Waals surface area contributed by atoms with Crippen LogP contribution in [0.5, 0.6) is 11.5 Å². The second-order valence-corrected chi connectivity index (χ2v) is 8.74. The lowest BCUT2D eigenvalue weighted by molar-refractivity contribution is 0.171. The molecule has 2 aromatic heterocycles. The molecule has 0 aliphatic carbocycles. The van der Waals surface area contributed by atoms with Gasteiger partial charge in [0.05, 0.1) is 5.69 Å². The van der Waals surface area contributed by atoms with Gasteiger partial charge >= 0.3 is 0 Å². The summed E-state index contributed by atoms with van der Waals surface area (Å²) in [5.41, 5.74) is 3.66. The van der Waals surface area contributed by atoms with Crippen LogP contribution in [0.25, 0.3) is 0 Å². The number of aromatic nitrogens is 3. The van der Waals surface area contributed by atoms with Crippen LogP contribution in [0.1, 0.15) is 16.8 Å². The minimum absolute atomic E-state index is 0.616. The molecule has 8 heteroatoms. The van der Waals surface area contributed by atoms with Gasteiger partial charge in [-0.25, -0.2) is 15.0 Å². The molecule has 3 aromatic rings. The average Bonchev–Trinajstić information content (AvgIpc) is 2.89. The zero-order chi connectivity index (χ0) is 22.0. The number of piperazine rings is 1. The highest BCUT2D eigenvalue weighted by molar-refractivity contribution is 5.44. The summed E-state index contributed by atoms with van der Waals surface area (Å²) in [6.45, 7) is 7.66. The number of nitrogens with zero attached hydrogens (tertiary/aromatic N) is 6.